The Morgan fingerprint density at radius 2 is 1.38 bits per heavy atom. The Hall–Kier alpha value is -8.26. The number of amides is 1. The Kier molecular flexibility index (Phi) is 19.7. The second-order valence-corrected chi connectivity index (χ2v) is 20.5. The number of primary sulfonamides is 1. The van der Waals surface area contributed by atoms with E-state index in [-0.39, 0.29) is 47.9 Å². The van der Waals surface area contributed by atoms with Gasteiger partial charge >= 0.3 is 11.7 Å². The molecule has 21 nitrogen and oxygen atoms in total. The number of benzene rings is 5. The fraction of sp³-hybridized carbons (Fsp3) is 0.263. The SMILES string of the molecule is CC(C)c1c(C(=O)Nc2ccccc2)c(-c2ccccc2)c(-c2ccc(F)cc2)n1CC[C@@H](O)C[C@@H](O)CC(=O)O.Cc1onc(-c2ccccc2)c1-c1ccc(S(N)(=O)=O)cc1.Nc1ncn([C@@H]2O[C@H](CO)[C@@H](O)[C@H]2O)c(=O)n1. The van der Waals surface area contributed by atoms with Crippen molar-refractivity contribution < 1.29 is 62.3 Å². The average molecular weight is 1120 g/mol. The van der Waals surface area contributed by atoms with Gasteiger partial charge in [0.1, 0.15) is 41.9 Å². The monoisotopic (exact) mass is 1120 g/mol. The predicted molar refractivity (Wildman–Crippen MR) is 294 cm³/mol. The van der Waals surface area contributed by atoms with Crippen LogP contribution in [0, 0.1) is 12.7 Å². The van der Waals surface area contributed by atoms with Gasteiger partial charge in [-0.05, 0) is 90.9 Å². The van der Waals surface area contributed by atoms with Crippen molar-refractivity contribution in [2.45, 2.75) is 94.1 Å². The Morgan fingerprint density at radius 1 is 0.800 bits per heavy atom. The summed E-state index contributed by atoms with van der Waals surface area (Å²) in [6.45, 7) is 5.60. The van der Waals surface area contributed by atoms with Gasteiger partial charge in [-0.2, -0.15) is 4.98 Å². The van der Waals surface area contributed by atoms with Gasteiger partial charge in [-0.1, -0.05) is 110 Å². The first kappa shape index (κ1) is 59.4. The number of sulfonamides is 1. The molecule has 4 heterocycles. The number of carboxylic acid groups (broad SMARTS) is 1. The molecule has 1 aliphatic rings. The molecule has 23 heteroatoms. The Bertz CT molecular complexity index is 3530. The molecule has 9 rings (SSSR count). The number of nitrogens with one attached hydrogen (secondary N) is 1. The van der Waals surface area contributed by atoms with Crippen LogP contribution in [0.3, 0.4) is 0 Å². The lowest BCUT2D eigenvalue weighted by Gasteiger charge is -2.20. The number of aliphatic hydroxyl groups is 5. The summed E-state index contributed by atoms with van der Waals surface area (Å²) >= 11 is 0. The smallest absolute Gasteiger partial charge is 0.354 e. The van der Waals surface area contributed by atoms with Crippen LogP contribution in [0.25, 0.3) is 44.8 Å². The van der Waals surface area contributed by atoms with Crippen molar-refractivity contribution in [1.29, 1.82) is 0 Å². The summed E-state index contributed by atoms with van der Waals surface area (Å²) in [6, 6.07) is 40.8. The number of aliphatic hydroxyl groups excluding tert-OH is 5. The fourth-order valence-electron chi connectivity index (χ4n) is 9.16. The van der Waals surface area contributed by atoms with Gasteiger partial charge in [-0.3, -0.25) is 14.2 Å². The molecule has 6 atom stereocenters. The minimum Gasteiger partial charge on any atom is -0.481 e. The van der Waals surface area contributed by atoms with E-state index in [2.05, 4.69) is 20.4 Å². The van der Waals surface area contributed by atoms with E-state index in [0.717, 1.165) is 44.5 Å². The molecule has 0 unspecified atom stereocenters. The first-order valence-corrected chi connectivity index (χ1v) is 26.7. The molecule has 0 spiro atoms. The van der Waals surface area contributed by atoms with Crippen LogP contribution in [-0.4, -0.2) is 112 Å². The first-order chi connectivity index (χ1) is 38.2. The highest BCUT2D eigenvalue weighted by Crippen LogP contribution is 2.43. The summed E-state index contributed by atoms with van der Waals surface area (Å²) in [5.41, 5.74) is 12.6. The molecule has 0 aliphatic carbocycles. The zero-order valence-corrected chi connectivity index (χ0v) is 44.5. The van der Waals surface area contributed by atoms with Crippen LogP contribution in [0.4, 0.5) is 16.0 Å². The summed E-state index contributed by atoms with van der Waals surface area (Å²) in [6.07, 6.45) is -6.18. The summed E-state index contributed by atoms with van der Waals surface area (Å²) in [7, 11) is -3.70. The van der Waals surface area contributed by atoms with Gasteiger partial charge in [0.05, 0.1) is 47.0 Å². The number of aryl methyl sites for hydroxylation is 1. The highest BCUT2D eigenvalue weighted by molar-refractivity contribution is 7.89. The van der Waals surface area contributed by atoms with Crippen LogP contribution in [0.15, 0.2) is 160 Å². The highest BCUT2D eigenvalue weighted by atomic mass is 32.2. The minimum atomic E-state index is -3.70. The molecule has 1 saturated heterocycles. The van der Waals surface area contributed by atoms with Gasteiger partial charge in [-0.25, -0.2) is 27.7 Å². The maximum absolute atomic E-state index is 14.0. The van der Waals surface area contributed by atoms with E-state index in [4.69, 9.17) is 30.3 Å². The van der Waals surface area contributed by atoms with Gasteiger partial charge in [0.15, 0.2) is 6.23 Å². The highest BCUT2D eigenvalue weighted by Gasteiger charge is 2.44. The van der Waals surface area contributed by atoms with Crippen molar-refractivity contribution in [3.8, 4) is 44.8 Å². The van der Waals surface area contributed by atoms with Crippen LogP contribution in [-0.2, 0) is 26.1 Å². The molecule has 1 aliphatic heterocycles. The second-order valence-electron chi connectivity index (χ2n) is 18.9. The number of hydrogen-bond acceptors (Lipinski definition) is 16. The number of nitrogen functional groups attached to an aromatic ring is 1. The number of hydrogen-bond donors (Lipinski definition) is 9. The van der Waals surface area contributed by atoms with Gasteiger partial charge in [0, 0.05) is 29.1 Å². The molecule has 0 saturated carbocycles. The van der Waals surface area contributed by atoms with Crippen molar-refractivity contribution in [2.75, 3.05) is 17.7 Å². The molecule has 0 radical (unpaired) electrons. The Morgan fingerprint density at radius 3 is 1.93 bits per heavy atom. The number of nitrogens with two attached hydrogens (primary N) is 2. The maximum Gasteiger partial charge on any atom is 0.354 e. The average Bonchev–Trinajstić information content (AvgIpc) is 4.28. The third kappa shape index (κ3) is 14.5. The van der Waals surface area contributed by atoms with Crippen LogP contribution in [0.5, 0.6) is 0 Å². The number of anilines is 2. The number of carboxylic acids is 1. The third-order valence-corrected chi connectivity index (χ3v) is 13.8. The zero-order chi connectivity index (χ0) is 57.8. The molecular formula is C57H61FN8O13S. The summed E-state index contributed by atoms with van der Waals surface area (Å²) < 4.78 is 50.0. The van der Waals surface area contributed by atoms with Crippen LogP contribution >= 0.6 is 0 Å². The van der Waals surface area contributed by atoms with Gasteiger partial charge in [-0.15, -0.1) is 0 Å². The van der Waals surface area contributed by atoms with E-state index in [1.54, 1.807) is 24.3 Å². The van der Waals surface area contributed by atoms with Crippen molar-refractivity contribution in [3.63, 3.8) is 0 Å². The number of ether oxygens (including phenoxy) is 1. The number of aliphatic carboxylic acids is 1. The first-order valence-electron chi connectivity index (χ1n) is 25.2. The molecule has 5 aromatic carbocycles. The molecule has 420 valence electrons. The van der Waals surface area contributed by atoms with Crippen molar-refractivity contribution >= 4 is 33.5 Å². The van der Waals surface area contributed by atoms with E-state index < -0.39 is 71.5 Å². The van der Waals surface area contributed by atoms with E-state index in [0.29, 0.717) is 33.8 Å². The van der Waals surface area contributed by atoms with E-state index >= 15 is 0 Å². The number of halogens is 1. The molecule has 80 heavy (non-hydrogen) atoms. The summed E-state index contributed by atoms with van der Waals surface area (Å²) in [5, 5.41) is 70.1. The third-order valence-electron chi connectivity index (χ3n) is 12.8. The van der Waals surface area contributed by atoms with E-state index in [1.165, 1.54) is 24.3 Å². The lowest BCUT2D eigenvalue weighted by molar-refractivity contribution is -0.139. The molecule has 0 bridgehead atoms. The maximum atomic E-state index is 14.0. The molecule has 1 amide bonds. The quantitative estimate of drug-likeness (QED) is 0.0496. The topological polar surface area (TPSA) is 342 Å². The Balaban J connectivity index is 0.000000196. The van der Waals surface area contributed by atoms with Crippen molar-refractivity contribution in [2.24, 2.45) is 5.14 Å². The lowest BCUT2D eigenvalue weighted by atomic mass is 9.94. The molecule has 8 aromatic rings. The summed E-state index contributed by atoms with van der Waals surface area (Å²) in [4.78, 5) is 43.5. The number of aromatic nitrogens is 5. The number of rotatable bonds is 17. The zero-order valence-electron chi connectivity index (χ0n) is 43.7. The Labute approximate surface area is 459 Å². The number of carbonyl (C=O) groups excluding carboxylic acids is 1. The predicted octanol–water partition coefficient (Wildman–Crippen LogP) is 6.11. The van der Waals surface area contributed by atoms with Crippen LogP contribution < -0.4 is 21.9 Å². The lowest BCUT2D eigenvalue weighted by Crippen LogP contribution is -2.36. The van der Waals surface area contributed by atoms with Gasteiger partial charge in [0.25, 0.3) is 5.91 Å². The van der Waals surface area contributed by atoms with Crippen LogP contribution in [0.1, 0.15) is 67.1 Å². The normalized spacial score (nSPS) is 16.7. The minimum absolute atomic E-state index is 0.0756. The summed E-state index contributed by atoms with van der Waals surface area (Å²) in [5.74, 6) is -1.46. The van der Waals surface area contributed by atoms with Gasteiger partial charge < -0.3 is 55.5 Å². The van der Waals surface area contributed by atoms with Crippen molar-refractivity contribution in [1.82, 2.24) is 24.3 Å². The molecule has 1 fully saturated rings. The number of para-hydroxylation sites is 1. The number of nitrogens with zero attached hydrogens (tertiary/aromatic N) is 5. The van der Waals surface area contributed by atoms with Crippen molar-refractivity contribution in [3.05, 3.63) is 179 Å². The van der Waals surface area contributed by atoms with Gasteiger partial charge in [0.2, 0.25) is 16.0 Å². The molecule has 11 N–H and O–H groups in total. The largest absolute Gasteiger partial charge is 0.481 e. The molecular weight excluding hydrogens is 1060 g/mol. The number of carbonyl (C=O) groups is 2. The van der Waals surface area contributed by atoms with Crippen LogP contribution in [0.2, 0.25) is 0 Å². The second kappa shape index (κ2) is 26.6. The molecule has 3 aromatic heterocycles. The van der Waals surface area contributed by atoms with E-state index in [1.807, 2.05) is 116 Å². The van der Waals surface area contributed by atoms with E-state index in [9.17, 15) is 47.6 Å². The fourth-order valence-corrected chi connectivity index (χ4v) is 9.67. The standard InChI is InChI=1S/C33H35FN2O5.C16H14N2O3S.C8H12N4O5/c1-21(2)31-30(33(41)35-25-11-7-4-8-12-25)29(22-9-5-3-6-10-22)32(23-13-15-24(34)16-14-23)36(31)18-17-26(37)19-27(38)20-28(39)40;1-11-15(12-7-9-14(10-8-12)22(17,19)20)16(18-21-11)13-5-3-2-4-6-13;9-7-10-2-12(8(16)11-7)6-5(15)4(14)3(1-13)17-6/h3-16,21,26-27,37-38H,17-20H2,1-2H3,(H,35,41)(H,39,40);2-10H,1H3,(H2,17,19,20);2-6,13-15H,1H2,(H2,9,11,16)/t26-,27-;;3-,4-,5-,6-/m1.1/s1.